The molecule has 1 aromatic rings. The van der Waals surface area contributed by atoms with Crippen LogP contribution in [0, 0.1) is 11.3 Å². The Balaban J connectivity index is 2.22. The number of anilines is 1. The van der Waals surface area contributed by atoms with Gasteiger partial charge in [-0.25, -0.2) is 9.59 Å². The first-order valence-electron chi connectivity index (χ1n) is 6.39. The van der Waals surface area contributed by atoms with Crippen molar-refractivity contribution in [2.75, 3.05) is 18.5 Å². The summed E-state index contributed by atoms with van der Waals surface area (Å²) >= 11 is 0. The second-order valence-corrected chi connectivity index (χ2v) is 4.90. The summed E-state index contributed by atoms with van der Waals surface area (Å²) in [7, 11) is 1.50. The summed E-state index contributed by atoms with van der Waals surface area (Å²) in [4.78, 5) is 26.0. The van der Waals surface area contributed by atoms with E-state index in [9.17, 15) is 14.7 Å². The molecular formula is C14H15N3O4. The zero-order chi connectivity index (χ0) is 15.6. The summed E-state index contributed by atoms with van der Waals surface area (Å²) in [5, 5.41) is 27.6. The van der Waals surface area contributed by atoms with E-state index in [0.29, 0.717) is 11.3 Å². The number of amides is 2. The minimum atomic E-state index is -1.14. The highest BCUT2D eigenvalue weighted by Crippen LogP contribution is 2.22. The van der Waals surface area contributed by atoms with Crippen LogP contribution >= 0.6 is 0 Å². The number of urea groups is 1. The molecule has 0 aliphatic carbocycles. The molecule has 0 saturated carbocycles. The van der Waals surface area contributed by atoms with Gasteiger partial charge in [-0.1, -0.05) is 6.07 Å². The standard InChI is InChI=1S/C14H15N3O4/c1-16(10-4-2-3-9(5-10)7-15)14(21)17-8-11(18)6-12(17)13(19)20/h2-5,11-12,18H,6,8H2,1H3,(H,19,20). The van der Waals surface area contributed by atoms with Crippen LogP contribution in [0.2, 0.25) is 0 Å². The van der Waals surface area contributed by atoms with E-state index in [1.54, 1.807) is 24.3 Å². The Morgan fingerprint density at radius 3 is 2.81 bits per heavy atom. The number of hydrogen-bond acceptors (Lipinski definition) is 4. The van der Waals surface area contributed by atoms with Gasteiger partial charge in [0.15, 0.2) is 0 Å². The van der Waals surface area contributed by atoms with Crippen molar-refractivity contribution in [1.82, 2.24) is 4.90 Å². The highest BCUT2D eigenvalue weighted by atomic mass is 16.4. The molecule has 1 aromatic carbocycles. The van der Waals surface area contributed by atoms with Gasteiger partial charge in [0.1, 0.15) is 6.04 Å². The van der Waals surface area contributed by atoms with E-state index in [1.807, 2.05) is 6.07 Å². The second-order valence-electron chi connectivity index (χ2n) is 4.90. The lowest BCUT2D eigenvalue weighted by molar-refractivity contribution is -0.141. The average molecular weight is 289 g/mol. The third-order valence-corrected chi connectivity index (χ3v) is 3.46. The summed E-state index contributed by atoms with van der Waals surface area (Å²) in [6.07, 6.45) is -0.818. The molecule has 21 heavy (non-hydrogen) atoms. The number of carboxylic acid groups (broad SMARTS) is 1. The zero-order valence-corrected chi connectivity index (χ0v) is 11.4. The lowest BCUT2D eigenvalue weighted by atomic mass is 10.2. The molecule has 2 atom stereocenters. The van der Waals surface area contributed by atoms with Crippen molar-refractivity contribution in [3.8, 4) is 6.07 Å². The van der Waals surface area contributed by atoms with Gasteiger partial charge in [0.25, 0.3) is 0 Å². The van der Waals surface area contributed by atoms with Gasteiger partial charge < -0.3 is 15.1 Å². The van der Waals surface area contributed by atoms with E-state index in [2.05, 4.69) is 0 Å². The molecule has 1 saturated heterocycles. The van der Waals surface area contributed by atoms with Crippen LogP contribution < -0.4 is 4.90 Å². The van der Waals surface area contributed by atoms with Crippen LogP contribution in [0.25, 0.3) is 0 Å². The molecule has 2 rings (SSSR count). The lowest BCUT2D eigenvalue weighted by Gasteiger charge is -2.27. The van der Waals surface area contributed by atoms with Crippen LogP contribution in [0.5, 0.6) is 0 Å². The molecule has 0 spiro atoms. The number of nitriles is 1. The molecule has 2 unspecified atom stereocenters. The SMILES string of the molecule is CN(C(=O)N1CC(O)CC1C(=O)O)c1cccc(C#N)c1. The molecule has 7 nitrogen and oxygen atoms in total. The first kappa shape index (κ1) is 14.8. The maximum atomic E-state index is 12.4. The number of aliphatic hydroxyl groups is 1. The van der Waals surface area contributed by atoms with Crippen LogP contribution in [0.4, 0.5) is 10.5 Å². The second kappa shape index (κ2) is 5.81. The van der Waals surface area contributed by atoms with Gasteiger partial charge >= 0.3 is 12.0 Å². The molecule has 2 N–H and O–H groups in total. The number of carboxylic acids is 1. The van der Waals surface area contributed by atoms with E-state index in [4.69, 9.17) is 10.4 Å². The average Bonchev–Trinajstić information content (AvgIpc) is 2.88. The Bertz CT molecular complexity index is 610. The minimum absolute atomic E-state index is 0.0158. The highest BCUT2D eigenvalue weighted by molar-refractivity contribution is 5.94. The van der Waals surface area contributed by atoms with Crippen molar-refractivity contribution in [1.29, 1.82) is 5.26 Å². The van der Waals surface area contributed by atoms with Crippen LogP contribution in [0.3, 0.4) is 0 Å². The van der Waals surface area contributed by atoms with Gasteiger partial charge in [-0.15, -0.1) is 0 Å². The molecule has 1 fully saturated rings. The van der Waals surface area contributed by atoms with Gasteiger partial charge in [-0.05, 0) is 18.2 Å². The maximum Gasteiger partial charge on any atom is 0.326 e. The Labute approximate surface area is 121 Å². The van der Waals surface area contributed by atoms with Crippen molar-refractivity contribution < 1.29 is 19.8 Å². The number of carbonyl (C=O) groups is 2. The topological polar surface area (TPSA) is 105 Å². The Morgan fingerprint density at radius 1 is 1.48 bits per heavy atom. The lowest BCUT2D eigenvalue weighted by Crippen LogP contribution is -2.47. The molecule has 7 heteroatoms. The van der Waals surface area contributed by atoms with Crippen molar-refractivity contribution in [3.05, 3.63) is 29.8 Å². The zero-order valence-electron chi connectivity index (χ0n) is 11.4. The molecular weight excluding hydrogens is 274 g/mol. The largest absolute Gasteiger partial charge is 0.480 e. The predicted molar refractivity (Wildman–Crippen MR) is 73.7 cm³/mol. The number of likely N-dealkylation sites (tertiary alicyclic amines) is 1. The van der Waals surface area contributed by atoms with Gasteiger partial charge in [-0.3, -0.25) is 4.90 Å². The van der Waals surface area contributed by atoms with Crippen LogP contribution in [-0.4, -0.2) is 52.9 Å². The van der Waals surface area contributed by atoms with Gasteiger partial charge in [-0.2, -0.15) is 5.26 Å². The normalized spacial score (nSPS) is 20.9. The van der Waals surface area contributed by atoms with Crippen molar-refractivity contribution in [3.63, 3.8) is 0 Å². The summed E-state index contributed by atoms with van der Waals surface area (Å²) in [5.41, 5.74) is 0.896. The minimum Gasteiger partial charge on any atom is -0.480 e. The molecule has 1 aliphatic rings. The number of rotatable bonds is 2. The van der Waals surface area contributed by atoms with Crippen LogP contribution in [0.1, 0.15) is 12.0 Å². The van der Waals surface area contributed by atoms with Crippen LogP contribution in [0.15, 0.2) is 24.3 Å². The van der Waals surface area contributed by atoms with E-state index in [0.717, 1.165) is 4.90 Å². The summed E-state index contributed by atoms with van der Waals surface area (Å²) in [5.74, 6) is -1.14. The number of hydrogen-bond donors (Lipinski definition) is 2. The molecule has 110 valence electrons. The van der Waals surface area contributed by atoms with E-state index < -0.39 is 24.1 Å². The van der Waals surface area contributed by atoms with Gasteiger partial charge in [0.2, 0.25) is 0 Å². The van der Waals surface area contributed by atoms with Crippen LogP contribution in [-0.2, 0) is 4.79 Å². The van der Waals surface area contributed by atoms with E-state index in [1.165, 1.54) is 11.9 Å². The molecule has 0 aromatic heterocycles. The summed E-state index contributed by atoms with van der Waals surface area (Å²) in [6.45, 7) is -0.0158. The predicted octanol–water partition coefficient (Wildman–Crippen LogP) is 0.634. The molecule has 0 radical (unpaired) electrons. The van der Waals surface area contributed by atoms with Gasteiger partial charge in [0, 0.05) is 25.7 Å². The number of aliphatic carboxylic acids is 1. The third-order valence-electron chi connectivity index (χ3n) is 3.46. The molecule has 0 bridgehead atoms. The fourth-order valence-corrected chi connectivity index (χ4v) is 2.35. The first-order chi connectivity index (χ1) is 9.93. The fraction of sp³-hybridized carbons (Fsp3) is 0.357. The molecule has 1 aliphatic heterocycles. The first-order valence-corrected chi connectivity index (χ1v) is 6.39. The Kier molecular flexibility index (Phi) is 4.10. The van der Waals surface area contributed by atoms with Crippen molar-refractivity contribution in [2.24, 2.45) is 0 Å². The third kappa shape index (κ3) is 2.95. The number of β-amino-alcohol motifs (C(OH)–C–C–N with tert-alkyl or cyclic N) is 1. The molecule has 2 amide bonds. The number of carbonyl (C=O) groups excluding carboxylic acids is 1. The monoisotopic (exact) mass is 289 g/mol. The number of aliphatic hydroxyl groups excluding tert-OH is 1. The van der Waals surface area contributed by atoms with Gasteiger partial charge in [0.05, 0.1) is 17.7 Å². The van der Waals surface area contributed by atoms with Crippen molar-refractivity contribution >= 4 is 17.7 Å². The van der Waals surface area contributed by atoms with Crippen molar-refractivity contribution in [2.45, 2.75) is 18.6 Å². The maximum absolute atomic E-state index is 12.4. The summed E-state index contributed by atoms with van der Waals surface area (Å²) in [6, 6.07) is 6.88. The highest BCUT2D eigenvalue weighted by Gasteiger charge is 2.40. The Hall–Kier alpha value is -2.59. The quantitative estimate of drug-likeness (QED) is 0.831. The fourth-order valence-electron chi connectivity index (χ4n) is 2.35. The van der Waals surface area contributed by atoms with E-state index >= 15 is 0 Å². The van der Waals surface area contributed by atoms with E-state index in [-0.39, 0.29) is 13.0 Å². The Morgan fingerprint density at radius 2 is 2.19 bits per heavy atom. The molecule has 1 heterocycles. The smallest absolute Gasteiger partial charge is 0.326 e. The number of nitrogens with zero attached hydrogens (tertiary/aromatic N) is 3. The summed E-state index contributed by atoms with van der Waals surface area (Å²) < 4.78 is 0. The number of benzene rings is 1.